The van der Waals surface area contributed by atoms with Gasteiger partial charge in [0.05, 0.1) is 0 Å². The second kappa shape index (κ2) is 7.62. The maximum absolute atomic E-state index is 13.1. The molecule has 0 saturated carbocycles. The van der Waals surface area contributed by atoms with Gasteiger partial charge in [-0.1, -0.05) is 0 Å². The Bertz CT molecular complexity index is 448. The molecule has 0 aliphatic carbocycles. The second-order valence-corrected chi connectivity index (χ2v) is 9.62. The summed E-state index contributed by atoms with van der Waals surface area (Å²) in [5.41, 5.74) is 0. The van der Waals surface area contributed by atoms with Crippen molar-refractivity contribution in [3.8, 4) is 0 Å². The lowest BCUT2D eigenvalue weighted by atomic mass is 9.93. The molecule has 0 aromatic rings. The number of hydrogen-bond donors (Lipinski definition) is 0. The van der Waals surface area contributed by atoms with Crippen molar-refractivity contribution in [2.45, 2.75) is 48.3 Å². The van der Waals surface area contributed by atoms with Crippen molar-refractivity contribution in [1.29, 1.82) is 0 Å². The van der Waals surface area contributed by atoms with Crippen molar-refractivity contribution < 1.29 is 57.1 Å². The van der Waals surface area contributed by atoms with Crippen LogP contribution in [-0.2, 0) is 0 Å². The molecule has 0 aliphatic rings. The number of hydrogen-bond acceptors (Lipinski definition) is 0. The topological polar surface area (TPSA) is 0 Å². The summed E-state index contributed by atoms with van der Waals surface area (Å²) in [6, 6.07) is -1.23. The van der Waals surface area contributed by atoms with Crippen LogP contribution in [0.3, 0.4) is 0 Å². The van der Waals surface area contributed by atoms with E-state index in [0.29, 0.717) is 0 Å². The van der Waals surface area contributed by atoms with Gasteiger partial charge in [-0.25, -0.2) is 0 Å². The first-order valence-corrected chi connectivity index (χ1v) is 9.71. The van der Waals surface area contributed by atoms with Gasteiger partial charge in [-0.2, -0.15) is 79.2 Å². The first kappa shape index (κ1) is 27.3. The summed E-state index contributed by atoms with van der Waals surface area (Å²) in [6.07, 6.45) is -9.73. The Balaban J connectivity index is 0. The quantitative estimate of drug-likeness (QED) is 0.289. The molecule has 0 aromatic carbocycles. The predicted molar refractivity (Wildman–Crippen MR) is 70.4 cm³/mol. The zero-order valence-electron chi connectivity index (χ0n) is 10.7. The van der Waals surface area contributed by atoms with Crippen LogP contribution in [0.2, 0.25) is 6.04 Å². The van der Waals surface area contributed by atoms with Gasteiger partial charge in [-0.3, -0.25) is 0 Å². The van der Waals surface area contributed by atoms with Crippen LogP contribution in [0.25, 0.3) is 0 Å². The van der Waals surface area contributed by atoms with Crippen LogP contribution < -0.4 is 0 Å². The maximum atomic E-state index is 13.1. The van der Waals surface area contributed by atoms with Crippen molar-refractivity contribution >= 4 is 40.5 Å². The standard InChI is InChI=1S/C8H5Cl2F13Si.H4Si/c9-24(10)2-1-3(11,12)4(13,14)5(15,16)6(17,18)7(19,20)8(21,22)23;/h24H,1-2H2;1H4. The molecule has 0 rings (SSSR count). The molecule has 0 bridgehead atoms. The Morgan fingerprint density at radius 3 is 1.16 bits per heavy atom. The summed E-state index contributed by atoms with van der Waals surface area (Å²) >= 11 is 9.98. The van der Waals surface area contributed by atoms with Gasteiger partial charge in [-0.15, -0.1) is 0 Å². The largest absolute Gasteiger partial charge is 0.460 e. The van der Waals surface area contributed by atoms with Crippen molar-refractivity contribution in [3.63, 3.8) is 0 Å². The van der Waals surface area contributed by atoms with E-state index in [2.05, 4.69) is 0 Å². The van der Waals surface area contributed by atoms with E-state index < -0.39 is 55.7 Å². The minimum atomic E-state index is -7.87. The molecule has 0 saturated heterocycles. The molecule has 0 spiro atoms. The van der Waals surface area contributed by atoms with Gasteiger partial charge in [0.1, 0.15) is 0 Å². The first-order valence-electron chi connectivity index (χ1n) is 5.41. The molecule has 0 nitrogen and oxygen atoms in total. The molecule has 154 valence electrons. The van der Waals surface area contributed by atoms with E-state index >= 15 is 0 Å². The minimum absolute atomic E-state index is 0. The first-order chi connectivity index (χ1) is 10.2. The van der Waals surface area contributed by atoms with Gasteiger partial charge >= 0.3 is 35.8 Å². The summed E-state index contributed by atoms with van der Waals surface area (Å²) in [4.78, 5) is 0. The second-order valence-electron chi connectivity index (χ2n) is 4.43. The lowest BCUT2D eigenvalue weighted by molar-refractivity contribution is -0.439. The summed E-state index contributed by atoms with van der Waals surface area (Å²) < 4.78 is 164. The highest BCUT2D eigenvalue weighted by Crippen LogP contribution is 2.60. The van der Waals surface area contributed by atoms with Crippen LogP contribution in [0, 0.1) is 0 Å². The third-order valence-corrected chi connectivity index (χ3v) is 4.71. The predicted octanol–water partition coefficient (Wildman–Crippen LogP) is 4.36. The third kappa shape index (κ3) is 4.51. The van der Waals surface area contributed by atoms with Gasteiger partial charge in [0.15, 0.2) is 0 Å². The van der Waals surface area contributed by atoms with E-state index in [1.807, 2.05) is 0 Å². The average Bonchev–Trinajstić information content (AvgIpc) is 2.34. The molecule has 0 unspecified atom stereocenters. The zero-order valence-corrected chi connectivity index (χ0v) is 13.3. The van der Waals surface area contributed by atoms with E-state index in [9.17, 15) is 57.1 Å². The fraction of sp³-hybridized carbons (Fsp3) is 1.00. The molecule has 0 amide bonds. The summed E-state index contributed by atoms with van der Waals surface area (Å²) in [5.74, 6) is -36.7. The highest BCUT2D eigenvalue weighted by atomic mass is 35.7. The highest BCUT2D eigenvalue weighted by molar-refractivity contribution is 7.33. The summed E-state index contributed by atoms with van der Waals surface area (Å²) in [6.45, 7) is 0. The average molecular weight is 479 g/mol. The smallest absolute Gasteiger partial charge is 0.200 e. The molecule has 0 radical (unpaired) electrons. The molecule has 0 atom stereocenters. The Morgan fingerprint density at radius 1 is 0.560 bits per heavy atom. The molecule has 25 heavy (non-hydrogen) atoms. The zero-order chi connectivity index (χ0) is 20.0. The monoisotopic (exact) mass is 478 g/mol. The number of halogens is 15. The van der Waals surface area contributed by atoms with Gasteiger partial charge in [0.25, 0.3) is 0 Å². The van der Waals surface area contributed by atoms with Gasteiger partial charge in [0.2, 0.25) is 7.42 Å². The lowest BCUT2D eigenvalue weighted by Gasteiger charge is -2.39. The summed E-state index contributed by atoms with van der Waals surface area (Å²) in [7, 11) is -3.13. The minimum Gasteiger partial charge on any atom is -0.200 e. The molecule has 0 fully saturated rings. The van der Waals surface area contributed by atoms with Crippen LogP contribution in [0.1, 0.15) is 6.42 Å². The van der Waals surface area contributed by atoms with Crippen LogP contribution in [0.15, 0.2) is 0 Å². The number of alkyl halides is 13. The van der Waals surface area contributed by atoms with Gasteiger partial charge in [-0.05, 0) is 17.0 Å². The molecule has 0 aromatic heterocycles. The lowest BCUT2D eigenvalue weighted by Crippen LogP contribution is -2.70. The van der Waals surface area contributed by atoms with Crippen molar-refractivity contribution in [2.75, 3.05) is 0 Å². The normalized spacial score (nSPS) is 15.4. The van der Waals surface area contributed by atoms with Crippen LogP contribution in [0.4, 0.5) is 57.1 Å². The molecule has 0 heterocycles. The van der Waals surface area contributed by atoms with Crippen molar-refractivity contribution in [2.24, 2.45) is 0 Å². The van der Waals surface area contributed by atoms with E-state index in [1.165, 1.54) is 0 Å². The van der Waals surface area contributed by atoms with Crippen LogP contribution in [0.5, 0.6) is 0 Å². The summed E-state index contributed by atoms with van der Waals surface area (Å²) in [5, 5.41) is 0. The fourth-order valence-corrected chi connectivity index (χ4v) is 2.48. The fourth-order valence-electron chi connectivity index (χ4n) is 1.25. The van der Waals surface area contributed by atoms with E-state index in [4.69, 9.17) is 22.2 Å². The molecular formula is C8H9Cl2F13Si2. The van der Waals surface area contributed by atoms with Crippen molar-refractivity contribution in [1.82, 2.24) is 0 Å². The molecule has 17 heteroatoms. The van der Waals surface area contributed by atoms with Crippen LogP contribution >= 0.6 is 22.2 Å². The van der Waals surface area contributed by atoms with Crippen LogP contribution in [-0.4, -0.2) is 54.2 Å². The Hall–Kier alpha value is 0.104. The molecule has 0 N–H and O–H groups in total. The Labute approximate surface area is 146 Å². The highest BCUT2D eigenvalue weighted by Gasteiger charge is 2.90. The van der Waals surface area contributed by atoms with Crippen molar-refractivity contribution in [3.05, 3.63) is 0 Å². The maximum Gasteiger partial charge on any atom is 0.460 e. The van der Waals surface area contributed by atoms with E-state index in [1.54, 1.807) is 0 Å². The number of rotatable bonds is 7. The Kier molecular flexibility index (Phi) is 8.32. The van der Waals surface area contributed by atoms with Gasteiger partial charge < -0.3 is 0 Å². The molecular weight excluding hydrogens is 470 g/mol. The molecule has 0 aliphatic heterocycles. The Morgan fingerprint density at radius 2 is 0.880 bits per heavy atom. The van der Waals surface area contributed by atoms with Gasteiger partial charge in [0, 0.05) is 6.42 Å². The third-order valence-electron chi connectivity index (χ3n) is 2.67. The van der Waals surface area contributed by atoms with E-state index in [0.717, 1.165) is 0 Å². The van der Waals surface area contributed by atoms with E-state index in [-0.39, 0.29) is 11.0 Å². The SMILES string of the molecule is FC(F)(F)C(F)(F)C(F)(F)C(F)(F)C(F)(F)C(F)(F)CC[SiH](Cl)Cl.[SiH4].